The van der Waals surface area contributed by atoms with Crippen molar-refractivity contribution in [3.63, 3.8) is 0 Å². The zero-order valence-electron chi connectivity index (χ0n) is 20.4. The van der Waals surface area contributed by atoms with Crippen molar-refractivity contribution in [1.82, 2.24) is 13.6 Å². The number of pyridine rings is 1. The van der Waals surface area contributed by atoms with E-state index in [9.17, 15) is 16.8 Å². The maximum Gasteiger partial charge on any atom is 0.244 e. The number of hydrogen-bond donors (Lipinski definition) is 0. The predicted octanol–water partition coefficient (Wildman–Crippen LogP) is 4.73. The van der Waals surface area contributed by atoms with Crippen LogP contribution in [0.2, 0.25) is 10.0 Å². The first-order chi connectivity index (χ1) is 17.6. The molecule has 202 valence electrons. The summed E-state index contributed by atoms with van der Waals surface area (Å²) in [5, 5.41) is 0.460. The van der Waals surface area contributed by atoms with Crippen LogP contribution < -0.4 is 4.74 Å². The van der Waals surface area contributed by atoms with Gasteiger partial charge in [0.1, 0.15) is 16.7 Å². The molecule has 0 amide bonds. The molecule has 37 heavy (non-hydrogen) atoms. The number of rotatable bonds is 9. The van der Waals surface area contributed by atoms with E-state index in [2.05, 4.69) is 4.98 Å². The zero-order valence-corrected chi connectivity index (χ0v) is 23.5. The summed E-state index contributed by atoms with van der Waals surface area (Å²) in [6.07, 6.45) is 8.72. The second-order valence-corrected chi connectivity index (χ2v) is 14.8. The lowest BCUT2D eigenvalue weighted by Crippen LogP contribution is -2.50. The minimum atomic E-state index is -3.80. The Bertz CT molecular complexity index is 1310. The van der Waals surface area contributed by atoms with Gasteiger partial charge < -0.3 is 4.74 Å². The van der Waals surface area contributed by atoms with E-state index in [1.165, 1.54) is 22.5 Å². The first kappa shape index (κ1) is 27.1. The van der Waals surface area contributed by atoms with Gasteiger partial charge in [0.25, 0.3) is 0 Å². The van der Waals surface area contributed by atoms with Gasteiger partial charge in [-0.15, -0.1) is 0 Å². The topological polar surface area (TPSA) is 96.9 Å². The van der Waals surface area contributed by atoms with E-state index in [4.69, 9.17) is 27.9 Å². The van der Waals surface area contributed by atoms with Crippen LogP contribution in [0.5, 0.6) is 5.75 Å². The van der Waals surface area contributed by atoms with E-state index in [-0.39, 0.29) is 39.9 Å². The average Bonchev–Trinajstić information content (AvgIpc) is 3.43. The van der Waals surface area contributed by atoms with Crippen LogP contribution in [-0.4, -0.2) is 67.0 Å². The Hall–Kier alpha value is -1.43. The number of nitrogens with zero attached hydrogens (tertiary/aromatic N) is 3. The summed E-state index contributed by atoms with van der Waals surface area (Å²) < 4.78 is 62.6. The van der Waals surface area contributed by atoms with E-state index in [0.717, 1.165) is 25.0 Å². The van der Waals surface area contributed by atoms with Crippen molar-refractivity contribution in [3.8, 4) is 5.75 Å². The number of sulfonamides is 2. The van der Waals surface area contributed by atoms with Gasteiger partial charge in [-0.25, -0.2) is 16.8 Å². The fourth-order valence-corrected chi connectivity index (χ4v) is 10.6. The highest BCUT2D eigenvalue weighted by molar-refractivity contribution is 7.89. The number of aromatic nitrogens is 1. The molecule has 0 spiro atoms. The maximum absolute atomic E-state index is 13.4. The Kier molecular flexibility index (Phi) is 8.06. The van der Waals surface area contributed by atoms with Crippen molar-refractivity contribution < 1.29 is 21.6 Å². The van der Waals surface area contributed by atoms with E-state index < -0.39 is 20.0 Å². The third kappa shape index (κ3) is 5.79. The van der Waals surface area contributed by atoms with Gasteiger partial charge in [0.2, 0.25) is 20.0 Å². The molecule has 3 fully saturated rings. The number of hydrogen-bond acceptors (Lipinski definition) is 6. The molecule has 1 aromatic carbocycles. The van der Waals surface area contributed by atoms with Crippen LogP contribution in [0.25, 0.3) is 0 Å². The summed E-state index contributed by atoms with van der Waals surface area (Å²) in [7, 11) is -7.26. The Morgan fingerprint density at radius 2 is 1.68 bits per heavy atom. The molecule has 3 aliphatic heterocycles. The molecule has 0 radical (unpaired) electrons. The van der Waals surface area contributed by atoms with Crippen LogP contribution >= 0.6 is 23.2 Å². The quantitative estimate of drug-likeness (QED) is 0.421. The van der Waals surface area contributed by atoms with Gasteiger partial charge in [-0.2, -0.15) is 8.61 Å². The van der Waals surface area contributed by atoms with Crippen LogP contribution in [0.15, 0.2) is 47.6 Å². The van der Waals surface area contributed by atoms with Gasteiger partial charge in [-0.05, 0) is 68.9 Å². The van der Waals surface area contributed by atoms with Crippen molar-refractivity contribution in [2.45, 2.75) is 80.5 Å². The second-order valence-electron chi connectivity index (χ2n) is 10.1. The third-order valence-corrected chi connectivity index (χ3v) is 12.4. The third-order valence-electron chi connectivity index (χ3n) is 7.64. The standard InChI is InChI=1S/C25H31Cl2N3O5S2/c26-18-5-8-25(24(27)15-18)37(33,34)29-13-1-3-19(29)4-2-14-36(31,32)30-20-6-7-21(30)17-23(16-20)35-22-9-11-28-12-10-22/h5,8-12,15,19-21,23H,1-4,6-7,13-14,16-17H2/t19-,20-,21+,23+/m0/s1. The van der Waals surface area contributed by atoms with Crippen molar-refractivity contribution >= 4 is 43.2 Å². The highest BCUT2D eigenvalue weighted by Crippen LogP contribution is 2.40. The van der Waals surface area contributed by atoms with Crippen molar-refractivity contribution in [3.05, 3.63) is 52.8 Å². The Balaban J connectivity index is 1.19. The van der Waals surface area contributed by atoms with Gasteiger partial charge in [-0.1, -0.05) is 23.2 Å². The molecular weight excluding hydrogens is 557 g/mol. The average molecular weight is 589 g/mol. The number of piperidine rings is 1. The van der Waals surface area contributed by atoms with E-state index in [0.29, 0.717) is 43.7 Å². The minimum absolute atomic E-state index is 0.0108. The molecule has 2 bridgehead atoms. The summed E-state index contributed by atoms with van der Waals surface area (Å²) in [6.45, 7) is 0.397. The molecule has 4 heterocycles. The highest BCUT2D eigenvalue weighted by Gasteiger charge is 2.47. The molecule has 4 atom stereocenters. The molecule has 8 nitrogen and oxygen atoms in total. The first-order valence-corrected chi connectivity index (χ1v) is 16.5. The summed E-state index contributed by atoms with van der Waals surface area (Å²) in [5.41, 5.74) is 0. The highest BCUT2D eigenvalue weighted by atomic mass is 35.5. The Morgan fingerprint density at radius 3 is 2.35 bits per heavy atom. The van der Waals surface area contributed by atoms with E-state index in [1.807, 2.05) is 12.1 Å². The smallest absolute Gasteiger partial charge is 0.244 e. The van der Waals surface area contributed by atoms with Gasteiger partial charge in [0, 0.05) is 54.9 Å². The van der Waals surface area contributed by atoms with Crippen LogP contribution in [0.4, 0.5) is 0 Å². The Labute approximate surface area is 229 Å². The van der Waals surface area contributed by atoms with Crippen molar-refractivity contribution in [2.75, 3.05) is 12.3 Å². The number of ether oxygens (including phenoxy) is 1. The van der Waals surface area contributed by atoms with Gasteiger partial charge in [0.15, 0.2) is 0 Å². The molecule has 3 saturated heterocycles. The van der Waals surface area contributed by atoms with Crippen molar-refractivity contribution in [2.24, 2.45) is 0 Å². The number of benzene rings is 1. The minimum Gasteiger partial charge on any atom is -0.490 e. The molecular formula is C25H31Cl2N3O5S2. The van der Waals surface area contributed by atoms with Crippen LogP contribution in [-0.2, 0) is 20.0 Å². The lowest BCUT2D eigenvalue weighted by atomic mass is 10.0. The predicted molar refractivity (Wildman–Crippen MR) is 143 cm³/mol. The molecule has 1 aromatic heterocycles. The lowest BCUT2D eigenvalue weighted by molar-refractivity contribution is 0.0956. The van der Waals surface area contributed by atoms with E-state index in [1.54, 1.807) is 16.7 Å². The fourth-order valence-electron chi connectivity index (χ4n) is 6.08. The molecule has 2 aromatic rings. The molecule has 12 heteroatoms. The summed E-state index contributed by atoms with van der Waals surface area (Å²) in [6, 6.07) is 7.65. The fraction of sp³-hybridized carbons (Fsp3) is 0.560. The SMILES string of the molecule is O=S(=O)(CCC[C@@H]1CCCN1S(=O)(=O)c1ccc(Cl)cc1Cl)N1[C@@H]2CC[C@H]1C[C@@H](Oc1ccncc1)C2. The summed E-state index contributed by atoms with van der Waals surface area (Å²) >= 11 is 12.1. The molecule has 3 aliphatic rings. The molecule has 0 unspecified atom stereocenters. The number of halogens is 2. The summed E-state index contributed by atoms with van der Waals surface area (Å²) in [4.78, 5) is 4.04. The van der Waals surface area contributed by atoms with Crippen molar-refractivity contribution in [1.29, 1.82) is 0 Å². The zero-order chi connectivity index (χ0) is 26.2. The number of fused-ring (bicyclic) bond motifs is 2. The lowest BCUT2D eigenvalue weighted by Gasteiger charge is -2.38. The van der Waals surface area contributed by atoms with Gasteiger partial charge in [-0.3, -0.25) is 4.98 Å². The van der Waals surface area contributed by atoms with Crippen LogP contribution in [0, 0.1) is 0 Å². The largest absolute Gasteiger partial charge is 0.490 e. The summed E-state index contributed by atoms with van der Waals surface area (Å²) in [5.74, 6) is 0.772. The monoisotopic (exact) mass is 587 g/mol. The molecule has 0 aliphatic carbocycles. The van der Waals surface area contributed by atoms with E-state index >= 15 is 0 Å². The van der Waals surface area contributed by atoms with Crippen LogP contribution in [0.3, 0.4) is 0 Å². The molecule has 0 N–H and O–H groups in total. The molecule has 5 rings (SSSR count). The molecule has 0 saturated carbocycles. The first-order valence-electron chi connectivity index (χ1n) is 12.7. The van der Waals surface area contributed by atoms with Crippen LogP contribution in [0.1, 0.15) is 51.4 Å². The van der Waals surface area contributed by atoms with Gasteiger partial charge in [0.05, 0.1) is 10.8 Å². The van der Waals surface area contributed by atoms with Gasteiger partial charge >= 0.3 is 0 Å². The second kappa shape index (κ2) is 11.0. The normalized spacial score (nSPS) is 27.0. The maximum atomic E-state index is 13.4. The Morgan fingerprint density at radius 1 is 0.973 bits per heavy atom.